The summed E-state index contributed by atoms with van der Waals surface area (Å²) in [4.78, 5) is 49.3. The molecule has 2 unspecified atom stereocenters. The molecule has 4 heterocycles. The van der Waals surface area contributed by atoms with Gasteiger partial charge in [0.25, 0.3) is 0 Å². The zero-order valence-corrected chi connectivity index (χ0v) is 44.8. The minimum Gasteiger partial charge on any atom is -0.481 e. The lowest BCUT2D eigenvalue weighted by atomic mass is 9.76. The monoisotopic (exact) mass is 1160 g/mol. The number of ether oxygens (including phenoxy) is 2. The van der Waals surface area contributed by atoms with Gasteiger partial charge in [-0.25, -0.2) is 8.78 Å². The van der Waals surface area contributed by atoms with E-state index in [4.69, 9.17) is 37.8 Å². The van der Waals surface area contributed by atoms with Crippen LogP contribution in [0.3, 0.4) is 0 Å². The molecule has 2 aromatic heterocycles. The molecule has 4 aromatic rings. The summed E-state index contributed by atoms with van der Waals surface area (Å²) < 4.78 is 121. The molecule has 0 radical (unpaired) electrons. The Morgan fingerprint density at radius 2 is 1.13 bits per heavy atom. The SMILES string of the molecule is C.CCOC(=O)C1CCC(C(C)C(=O)N2CCc3c(C(F)(F)F)nn(Cc4ccc(Cl)cc4F)c3C2)CC1.CCOC(=O)C1CCC(C(C)C(=O)O)CC1.Cl.Fc1cc(Cl)ccc1Cn1nc(C(F)(F)F)c2c1CNCC2. The molecule has 2 saturated carbocycles. The molecule has 428 valence electrons. The van der Waals surface area contributed by atoms with Gasteiger partial charge in [-0.1, -0.05) is 56.6 Å². The van der Waals surface area contributed by atoms with Crippen molar-refractivity contribution in [3.8, 4) is 0 Å². The van der Waals surface area contributed by atoms with Gasteiger partial charge in [-0.05, 0) is 121 Å². The first kappa shape index (κ1) is 64.5. The van der Waals surface area contributed by atoms with Crippen LogP contribution >= 0.6 is 35.6 Å². The van der Waals surface area contributed by atoms with Crippen LogP contribution < -0.4 is 5.32 Å². The Kier molecular flexibility index (Phi) is 23.7. The summed E-state index contributed by atoms with van der Waals surface area (Å²) in [5.74, 6) is -2.91. The molecule has 0 bridgehead atoms. The van der Waals surface area contributed by atoms with Crippen LogP contribution in [0.2, 0.25) is 10.0 Å². The fraction of sp³-hybridized carbons (Fsp3) is 0.585. The topological polar surface area (TPSA) is 158 Å². The molecule has 77 heavy (non-hydrogen) atoms. The van der Waals surface area contributed by atoms with Crippen molar-refractivity contribution < 1.29 is 68.9 Å². The molecule has 2 aliphatic heterocycles. The number of fused-ring (bicyclic) bond motifs is 2. The number of amides is 1. The predicted octanol–water partition coefficient (Wildman–Crippen LogP) is 12.2. The highest BCUT2D eigenvalue weighted by molar-refractivity contribution is 6.30. The molecule has 8 rings (SSSR count). The Bertz CT molecular complexity index is 2650. The number of aliphatic carboxylic acids is 1. The number of halogens is 11. The largest absolute Gasteiger partial charge is 0.481 e. The number of carboxylic acids is 1. The number of nitrogens with one attached hydrogen (secondary N) is 1. The van der Waals surface area contributed by atoms with Gasteiger partial charge >= 0.3 is 30.3 Å². The molecule has 2 atom stereocenters. The summed E-state index contributed by atoms with van der Waals surface area (Å²) in [5.41, 5.74) is -0.512. The molecule has 13 nitrogen and oxygen atoms in total. The molecule has 2 aliphatic carbocycles. The van der Waals surface area contributed by atoms with Crippen LogP contribution in [-0.2, 0) is 80.0 Å². The second-order valence-electron chi connectivity index (χ2n) is 19.4. The van der Waals surface area contributed by atoms with E-state index in [1.807, 2.05) is 6.92 Å². The molecule has 1 amide bonds. The Morgan fingerprint density at radius 1 is 0.701 bits per heavy atom. The first-order valence-corrected chi connectivity index (χ1v) is 25.9. The number of carboxylic acid groups (broad SMARTS) is 1. The van der Waals surface area contributed by atoms with Gasteiger partial charge in [0.15, 0.2) is 11.4 Å². The van der Waals surface area contributed by atoms with E-state index in [9.17, 15) is 54.3 Å². The number of aromatic nitrogens is 4. The van der Waals surface area contributed by atoms with Crippen LogP contribution in [0.4, 0.5) is 35.1 Å². The highest BCUT2D eigenvalue weighted by Gasteiger charge is 2.43. The Hall–Kier alpha value is -4.99. The van der Waals surface area contributed by atoms with E-state index in [2.05, 4.69) is 15.5 Å². The number of hydrogen-bond donors (Lipinski definition) is 2. The number of hydrogen-bond acceptors (Lipinski definition) is 9. The Labute approximate surface area is 459 Å². The van der Waals surface area contributed by atoms with Gasteiger partial charge in [0.2, 0.25) is 5.91 Å². The van der Waals surface area contributed by atoms with Gasteiger partial charge in [-0.15, -0.1) is 12.4 Å². The van der Waals surface area contributed by atoms with Crippen molar-refractivity contribution in [1.29, 1.82) is 0 Å². The van der Waals surface area contributed by atoms with Crippen molar-refractivity contribution in [3.05, 3.63) is 103 Å². The highest BCUT2D eigenvalue weighted by Crippen LogP contribution is 2.39. The van der Waals surface area contributed by atoms with Crippen molar-refractivity contribution in [2.24, 2.45) is 35.5 Å². The van der Waals surface area contributed by atoms with Crippen molar-refractivity contribution in [2.75, 3.05) is 26.3 Å². The lowest BCUT2D eigenvalue weighted by Crippen LogP contribution is -2.42. The van der Waals surface area contributed by atoms with E-state index < -0.39 is 41.3 Å². The summed E-state index contributed by atoms with van der Waals surface area (Å²) >= 11 is 11.5. The lowest BCUT2D eigenvalue weighted by molar-refractivity contribution is -0.151. The van der Waals surface area contributed by atoms with E-state index in [0.717, 1.165) is 42.5 Å². The first-order chi connectivity index (χ1) is 35.4. The average molecular weight is 1160 g/mol. The predicted molar refractivity (Wildman–Crippen MR) is 274 cm³/mol. The molecule has 0 saturated heterocycles. The summed E-state index contributed by atoms with van der Waals surface area (Å²) in [7, 11) is 0. The lowest BCUT2D eigenvalue weighted by Gasteiger charge is -2.35. The quantitative estimate of drug-likeness (QED) is 0.103. The van der Waals surface area contributed by atoms with Gasteiger partial charge in [0.05, 0.1) is 62.0 Å². The second-order valence-corrected chi connectivity index (χ2v) is 20.3. The maximum atomic E-state index is 14.4. The number of rotatable bonds is 12. The number of benzene rings is 2. The third-order valence-electron chi connectivity index (χ3n) is 14.6. The third-order valence-corrected chi connectivity index (χ3v) is 15.1. The van der Waals surface area contributed by atoms with E-state index in [0.29, 0.717) is 51.1 Å². The van der Waals surface area contributed by atoms with Crippen molar-refractivity contribution >= 4 is 59.4 Å². The number of carbonyl (C=O) groups excluding carboxylic acids is 3. The Balaban J connectivity index is 0.000000272. The van der Waals surface area contributed by atoms with Crippen LogP contribution in [-0.4, -0.2) is 79.7 Å². The van der Waals surface area contributed by atoms with Crippen molar-refractivity contribution in [3.63, 3.8) is 0 Å². The van der Waals surface area contributed by atoms with Crippen LogP contribution in [0, 0.1) is 47.1 Å². The smallest absolute Gasteiger partial charge is 0.435 e. The number of esters is 2. The summed E-state index contributed by atoms with van der Waals surface area (Å²) in [6.07, 6.45) is -3.01. The standard InChI is InChI=1S/C26H30ClF4N3O3.C14H12ClF4N3.C12H20O4.CH4.ClH/c1-3-37-25(36)17-6-4-16(5-7-17)15(2)24(35)33-11-10-20-22(14-33)34(32-23(20)26(29,30)31)13-18-8-9-19(27)12-21(18)28;15-9-2-1-8(11(16)5-9)7-22-12-6-20-4-3-10(12)13(21-22)14(17,18)19;1-3-16-12(15)10-6-4-9(5-7-10)8(2)11(13)14;;/h8-9,12,15-17H,3-7,10-11,13-14H2,1-2H3;1-2,5,20H,3-4,6-7H2;8-10H,3-7H2,1-2H3,(H,13,14);1H4;1H. The second kappa shape index (κ2) is 28.2. The minimum atomic E-state index is -4.66. The van der Waals surface area contributed by atoms with E-state index in [1.165, 1.54) is 28.9 Å². The number of carbonyl (C=O) groups is 4. The zero-order chi connectivity index (χ0) is 54.9. The Morgan fingerprint density at radius 3 is 1.55 bits per heavy atom. The third kappa shape index (κ3) is 16.5. The molecule has 4 aliphatic rings. The van der Waals surface area contributed by atoms with Crippen molar-refractivity contribution in [2.45, 2.75) is 138 Å². The minimum absolute atomic E-state index is 0. The van der Waals surface area contributed by atoms with Crippen LogP contribution in [0.1, 0.15) is 132 Å². The fourth-order valence-electron chi connectivity index (χ4n) is 10.3. The van der Waals surface area contributed by atoms with Crippen LogP contribution in [0.15, 0.2) is 36.4 Å². The number of nitrogens with zero attached hydrogens (tertiary/aromatic N) is 5. The van der Waals surface area contributed by atoms with E-state index >= 15 is 0 Å². The molecule has 24 heteroatoms. The highest BCUT2D eigenvalue weighted by atomic mass is 35.5. The molecule has 2 fully saturated rings. The maximum absolute atomic E-state index is 14.4. The summed E-state index contributed by atoms with van der Waals surface area (Å²) in [6.45, 7) is 8.51. The summed E-state index contributed by atoms with van der Waals surface area (Å²) in [6, 6.07) is 8.07. The van der Waals surface area contributed by atoms with Gasteiger partial charge in [-0.2, -0.15) is 36.5 Å². The molecule has 2 aromatic carbocycles. The maximum Gasteiger partial charge on any atom is 0.435 e. The van der Waals surface area contributed by atoms with Crippen LogP contribution in [0.5, 0.6) is 0 Å². The summed E-state index contributed by atoms with van der Waals surface area (Å²) in [5, 5.41) is 19.8. The van der Waals surface area contributed by atoms with Gasteiger partial charge in [0, 0.05) is 51.3 Å². The first-order valence-electron chi connectivity index (χ1n) is 25.2. The normalized spacial score (nSPS) is 19.9. The van der Waals surface area contributed by atoms with Gasteiger partial charge in [-0.3, -0.25) is 28.5 Å². The molecular formula is C53H67Cl3F8N6O7. The molecule has 0 spiro atoms. The van der Waals surface area contributed by atoms with Crippen LogP contribution in [0.25, 0.3) is 0 Å². The number of alkyl halides is 6. The van der Waals surface area contributed by atoms with E-state index in [1.54, 1.807) is 25.7 Å². The van der Waals surface area contributed by atoms with Crippen molar-refractivity contribution in [1.82, 2.24) is 29.8 Å². The average Bonchev–Trinajstić information content (AvgIpc) is 3.95. The molecular weight excluding hydrogens is 1090 g/mol. The zero-order valence-electron chi connectivity index (χ0n) is 42.5. The fourth-order valence-corrected chi connectivity index (χ4v) is 10.7. The van der Waals surface area contributed by atoms with Gasteiger partial charge in [0.1, 0.15) is 11.6 Å². The van der Waals surface area contributed by atoms with E-state index in [-0.39, 0.29) is 157 Å². The van der Waals surface area contributed by atoms with Gasteiger partial charge < -0.3 is 24.8 Å². The molecule has 2 N–H and O–H groups in total.